The monoisotopic (exact) mass is 322 g/mol. The lowest BCUT2D eigenvalue weighted by molar-refractivity contribution is 0.154. The standard InChI is InChI=1S/C17H26O2SSi/c1-21(2,3)17(13-14-9-11-15(17)12-10-14)20(18,19)16-7-5-4-6-8-16/h4-8,14-15H,9-13H2,1-3H3/t14?,15?,17-/m0/s1. The van der Waals surface area contributed by atoms with Crippen molar-refractivity contribution < 1.29 is 8.42 Å². The molecular formula is C17H26O2SSi. The van der Waals surface area contributed by atoms with Gasteiger partial charge >= 0.3 is 0 Å². The fraction of sp³-hybridized carbons (Fsp3) is 0.647. The molecule has 0 amide bonds. The van der Waals surface area contributed by atoms with Crippen LogP contribution in [0.3, 0.4) is 0 Å². The molecule has 3 aliphatic rings. The summed E-state index contributed by atoms with van der Waals surface area (Å²) in [6.45, 7) is 6.77. The minimum Gasteiger partial charge on any atom is -0.223 e. The molecule has 3 saturated carbocycles. The molecule has 0 N–H and O–H groups in total. The molecule has 4 heteroatoms. The lowest BCUT2D eigenvalue weighted by Gasteiger charge is -2.56. The maximum atomic E-state index is 13.6. The van der Waals surface area contributed by atoms with Crippen LogP contribution in [0.15, 0.2) is 35.2 Å². The van der Waals surface area contributed by atoms with Gasteiger partial charge in [0.1, 0.15) is 0 Å². The lowest BCUT2D eigenvalue weighted by atomic mass is 9.70. The summed E-state index contributed by atoms with van der Waals surface area (Å²) in [6, 6.07) is 9.18. The van der Waals surface area contributed by atoms with Gasteiger partial charge in [0.05, 0.1) is 17.3 Å². The summed E-state index contributed by atoms with van der Waals surface area (Å²) < 4.78 is 26.7. The highest BCUT2D eigenvalue weighted by Crippen LogP contribution is 2.56. The van der Waals surface area contributed by atoms with Crippen LogP contribution in [0.4, 0.5) is 0 Å². The normalized spacial score (nSPS) is 33.1. The van der Waals surface area contributed by atoms with E-state index >= 15 is 0 Å². The Morgan fingerprint density at radius 3 is 2.00 bits per heavy atom. The Morgan fingerprint density at radius 2 is 1.57 bits per heavy atom. The van der Waals surface area contributed by atoms with E-state index in [1.165, 1.54) is 12.8 Å². The molecule has 3 fully saturated rings. The first-order valence-electron chi connectivity index (χ1n) is 8.09. The maximum absolute atomic E-state index is 13.6. The number of benzene rings is 1. The van der Waals surface area contributed by atoms with Crippen molar-refractivity contribution >= 4 is 17.9 Å². The molecule has 1 aromatic carbocycles. The molecule has 0 unspecified atom stereocenters. The summed E-state index contributed by atoms with van der Waals surface area (Å²) in [6.07, 6.45) is 5.61. The maximum Gasteiger partial charge on any atom is 0.181 e. The average Bonchev–Trinajstić information content (AvgIpc) is 2.48. The van der Waals surface area contributed by atoms with Crippen LogP contribution in [0.25, 0.3) is 0 Å². The van der Waals surface area contributed by atoms with Crippen LogP contribution in [0.5, 0.6) is 0 Å². The molecule has 0 aromatic heterocycles. The zero-order valence-corrected chi connectivity index (χ0v) is 15.1. The van der Waals surface area contributed by atoms with Gasteiger partial charge < -0.3 is 0 Å². The summed E-state index contributed by atoms with van der Waals surface area (Å²) >= 11 is 0. The third-order valence-electron chi connectivity index (χ3n) is 5.90. The van der Waals surface area contributed by atoms with Crippen LogP contribution in [0, 0.1) is 11.8 Å². The molecule has 1 aromatic rings. The van der Waals surface area contributed by atoms with E-state index < -0.39 is 22.3 Å². The summed E-state index contributed by atoms with van der Waals surface area (Å²) in [7, 11) is -5.12. The first-order chi connectivity index (χ1) is 9.79. The molecule has 0 heterocycles. The first-order valence-corrected chi connectivity index (χ1v) is 13.1. The minimum atomic E-state index is -3.25. The van der Waals surface area contributed by atoms with Gasteiger partial charge in [0.2, 0.25) is 0 Å². The Bertz CT molecular complexity index is 610. The largest absolute Gasteiger partial charge is 0.223 e. The van der Waals surface area contributed by atoms with Crippen molar-refractivity contribution in [2.45, 2.75) is 61.0 Å². The van der Waals surface area contributed by atoms with Gasteiger partial charge in [-0.1, -0.05) is 50.7 Å². The van der Waals surface area contributed by atoms with E-state index in [1.54, 1.807) is 12.1 Å². The number of fused-ring (bicyclic) bond motifs is 3. The van der Waals surface area contributed by atoms with E-state index in [9.17, 15) is 8.42 Å². The summed E-state index contributed by atoms with van der Waals surface area (Å²) in [4.78, 5) is 0.542. The van der Waals surface area contributed by atoms with E-state index in [-0.39, 0.29) is 0 Å². The quantitative estimate of drug-likeness (QED) is 0.778. The first kappa shape index (κ1) is 15.3. The summed E-state index contributed by atoms with van der Waals surface area (Å²) in [5.41, 5.74) is 0. The van der Waals surface area contributed by atoms with Gasteiger partial charge in [-0.2, -0.15) is 0 Å². The van der Waals surface area contributed by atoms with Crippen molar-refractivity contribution in [3.63, 3.8) is 0 Å². The molecule has 0 spiro atoms. The van der Waals surface area contributed by atoms with Crippen molar-refractivity contribution in [2.75, 3.05) is 0 Å². The number of hydrogen-bond acceptors (Lipinski definition) is 2. The highest BCUT2D eigenvalue weighted by Gasteiger charge is 2.62. The fourth-order valence-electron chi connectivity index (χ4n) is 4.89. The highest BCUT2D eigenvalue weighted by atomic mass is 32.2. The van der Waals surface area contributed by atoms with Gasteiger partial charge in [0, 0.05) is 0 Å². The zero-order chi connectivity index (χ0) is 15.3. The van der Waals surface area contributed by atoms with Crippen molar-refractivity contribution in [1.82, 2.24) is 0 Å². The average molecular weight is 323 g/mol. The van der Waals surface area contributed by atoms with Crippen LogP contribution in [0.2, 0.25) is 19.6 Å². The predicted molar refractivity (Wildman–Crippen MR) is 89.8 cm³/mol. The van der Waals surface area contributed by atoms with E-state index in [0.29, 0.717) is 16.7 Å². The van der Waals surface area contributed by atoms with Gasteiger partial charge in [-0.05, 0) is 43.2 Å². The Labute approximate surface area is 129 Å². The molecule has 3 aliphatic carbocycles. The van der Waals surface area contributed by atoms with Crippen LogP contribution < -0.4 is 0 Å². The van der Waals surface area contributed by atoms with Gasteiger partial charge in [-0.25, -0.2) is 8.42 Å². The summed E-state index contributed by atoms with van der Waals surface area (Å²) in [5.74, 6) is 1.000. The van der Waals surface area contributed by atoms with Crippen LogP contribution in [0.1, 0.15) is 32.1 Å². The third-order valence-corrected chi connectivity index (χ3v) is 14.0. The topological polar surface area (TPSA) is 34.1 Å². The smallest absolute Gasteiger partial charge is 0.181 e. The second kappa shape index (κ2) is 4.95. The molecule has 4 rings (SSSR count). The van der Waals surface area contributed by atoms with Gasteiger partial charge in [-0.3, -0.25) is 0 Å². The predicted octanol–water partition coefficient (Wildman–Crippen LogP) is 4.29. The molecule has 116 valence electrons. The van der Waals surface area contributed by atoms with E-state index in [4.69, 9.17) is 0 Å². The second-order valence-corrected chi connectivity index (χ2v) is 15.8. The van der Waals surface area contributed by atoms with Crippen molar-refractivity contribution in [1.29, 1.82) is 0 Å². The zero-order valence-electron chi connectivity index (χ0n) is 13.3. The molecule has 0 aliphatic heterocycles. The Balaban J connectivity index is 2.18. The summed E-state index contributed by atoms with van der Waals surface area (Å²) in [5, 5.41) is 0. The molecule has 2 nitrogen and oxygen atoms in total. The second-order valence-electron chi connectivity index (χ2n) is 7.88. The highest BCUT2D eigenvalue weighted by molar-refractivity contribution is 7.94. The van der Waals surface area contributed by atoms with E-state index in [2.05, 4.69) is 19.6 Å². The molecular weight excluding hydrogens is 296 g/mol. The van der Waals surface area contributed by atoms with E-state index in [1.807, 2.05) is 18.2 Å². The Morgan fingerprint density at radius 1 is 1.00 bits per heavy atom. The molecule has 0 saturated heterocycles. The van der Waals surface area contributed by atoms with Crippen LogP contribution in [-0.4, -0.2) is 20.9 Å². The van der Waals surface area contributed by atoms with Gasteiger partial charge in [0.15, 0.2) is 9.84 Å². The minimum absolute atomic E-state index is 0.374. The molecule has 0 radical (unpaired) electrons. The SMILES string of the molecule is C[Si](C)(C)[C@@]1(S(=O)(=O)c2ccccc2)CC2CCC1CC2. The van der Waals surface area contributed by atoms with Gasteiger partial charge in [0.25, 0.3) is 0 Å². The lowest BCUT2D eigenvalue weighted by Crippen LogP contribution is -2.66. The van der Waals surface area contributed by atoms with Crippen molar-refractivity contribution in [3.05, 3.63) is 30.3 Å². The third kappa shape index (κ3) is 2.14. The van der Waals surface area contributed by atoms with Crippen molar-refractivity contribution in [2.24, 2.45) is 11.8 Å². The number of hydrogen-bond donors (Lipinski definition) is 0. The van der Waals surface area contributed by atoms with Crippen molar-refractivity contribution in [3.8, 4) is 0 Å². The number of rotatable bonds is 3. The molecule has 2 bridgehead atoms. The van der Waals surface area contributed by atoms with Crippen LogP contribution >= 0.6 is 0 Å². The number of sulfone groups is 1. The van der Waals surface area contributed by atoms with Gasteiger partial charge in [-0.15, -0.1) is 0 Å². The Hall–Kier alpha value is -0.613. The van der Waals surface area contributed by atoms with E-state index in [0.717, 1.165) is 19.3 Å². The molecule has 21 heavy (non-hydrogen) atoms. The fourth-order valence-corrected chi connectivity index (χ4v) is 12.9. The van der Waals surface area contributed by atoms with Crippen LogP contribution in [-0.2, 0) is 9.84 Å². The molecule has 1 atom stereocenters. The Kier molecular flexibility index (Phi) is 3.60.